The second-order valence-electron chi connectivity index (χ2n) is 6.58. The summed E-state index contributed by atoms with van der Waals surface area (Å²) < 4.78 is 5.12. The van der Waals surface area contributed by atoms with Crippen LogP contribution in [0.4, 0.5) is 0 Å². The van der Waals surface area contributed by atoms with E-state index in [2.05, 4.69) is 65.5 Å². The highest BCUT2D eigenvalue weighted by atomic mass is 79.9. The second kappa shape index (κ2) is 7.55. The van der Waals surface area contributed by atoms with E-state index in [9.17, 15) is 4.79 Å². The largest absolute Gasteiger partial charge is 0.337 e. The van der Waals surface area contributed by atoms with E-state index in [1.165, 1.54) is 4.90 Å². The zero-order chi connectivity index (χ0) is 18.3. The van der Waals surface area contributed by atoms with Crippen LogP contribution in [0.5, 0.6) is 0 Å². The Morgan fingerprint density at radius 1 is 1.36 bits per heavy atom. The topological polar surface area (TPSA) is 29.7 Å². The van der Waals surface area contributed by atoms with Crippen molar-refractivity contribution in [1.82, 2.24) is 9.47 Å². The van der Waals surface area contributed by atoms with E-state index in [0.29, 0.717) is 0 Å². The Hall–Kier alpha value is -0.630. The number of carbonyl (C=O) groups excluding carboxylic acids is 1. The van der Waals surface area contributed by atoms with Crippen molar-refractivity contribution in [2.75, 3.05) is 20.6 Å². The number of likely N-dealkylation sites (N-methyl/N-ethyl adjacent to an activating group) is 2. The van der Waals surface area contributed by atoms with Gasteiger partial charge in [0.15, 0.2) is 6.04 Å². The quantitative estimate of drug-likeness (QED) is 0.641. The number of aryl methyl sites for hydroxylation is 1. The summed E-state index contributed by atoms with van der Waals surface area (Å²) in [7, 11) is 5.96. The number of hydrogen-bond acceptors (Lipinski definition) is 1. The molecule has 4 nitrogen and oxygen atoms in total. The van der Waals surface area contributed by atoms with Crippen molar-refractivity contribution in [3.8, 4) is 0 Å². The van der Waals surface area contributed by atoms with Crippen molar-refractivity contribution in [3.63, 3.8) is 0 Å². The first kappa shape index (κ1) is 19.1. The first-order valence-electron chi connectivity index (χ1n) is 8.22. The number of hydrogen-bond donors (Lipinski definition) is 1. The molecule has 1 unspecified atom stereocenters. The van der Waals surface area contributed by atoms with Crippen LogP contribution in [0.2, 0.25) is 0 Å². The first-order chi connectivity index (χ1) is 11.8. The summed E-state index contributed by atoms with van der Waals surface area (Å²) in [6.45, 7) is 1.08. The molecule has 1 aromatic carbocycles. The standard InChI is InChI=1S/C18H20Br3N3O/c1-22-9-4-5-14(22)18(25)23(2)10-8-12-11-6-7-13(19)15(20)16(11)24(3)17(12)21/h6-8,10,14H,4-5,9H2,1-3H3/p+1/b10-8-/t14-/m0/s1. The molecule has 1 amide bonds. The summed E-state index contributed by atoms with van der Waals surface area (Å²) in [5.41, 5.74) is 2.17. The van der Waals surface area contributed by atoms with Crippen molar-refractivity contribution in [2.45, 2.75) is 18.9 Å². The molecule has 134 valence electrons. The fourth-order valence-corrected chi connectivity index (χ4v) is 4.93. The van der Waals surface area contributed by atoms with Gasteiger partial charge in [-0.15, -0.1) is 0 Å². The Bertz CT molecular complexity index is 859. The zero-order valence-electron chi connectivity index (χ0n) is 14.4. The molecule has 1 saturated heterocycles. The van der Waals surface area contributed by atoms with E-state index < -0.39 is 0 Å². The van der Waals surface area contributed by atoms with Gasteiger partial charge in [-0.05, 0) is 59.9 Å². The van der Waals surface area contributed by atoms with Crippen LogP contribution in [0.1, 0.15) is 18.4 Å². The van der Waals surface area contributed by atoms with Crippen molar-refractivity contribution >= 4 is 70.7 Å². The van der Waals surface area contributed by atoms with Crippen molar-refractivity contribution < 1.29 is 9.69 Å². The average Bonchev–Trinajstić information content (AvgIpc) is 3.11. The van der Waals surface area contributed by atoms with E-state index in [1.54, 1.807) is 4.90 Å². The van der Waals surface area contributed by atoms with Crippen LogP contribution in [0, 0.1) is 0 Å². The van der Waals surface area contributed by atoms with Crippen LogP contribution in [0.3, 0.4) is 0 Å². The number of carbonyl (C=O) groups is 1. The summed E-state index contributed by atoms with van der Waals surface area (Å²) in [5, 5.41) is 1.13. The van der Waals surface area contributed by atoms with Crippen molar-refractivity contribution in [1.29, 1.82) is 0 Å². The number of amides is 1. The smallest absolute Gasteiger partial charge is 0.284 e. The van der Waals surface area contributed by atoms with E-state index in [0.717, 1.165) is 49.4 Å². The predicted octanol–water partition coefficient (Wildman–Crippen LogP) is 3.57. The maximum Gasteiger partial charge on any atom is 0.284 e. The molecule has 3 rings (SSSR count). The molecule has 0 aliphatic carbocycles. The van der Waals surface area contributed by atoms with Crippen LogP contribution in [0.15, 0.2) is 31.9 Å². The van der Waals surface area contributed by atoms with Gasteiger partial charge in [-0.3, -0.25) is 4.79 Å². The SMILES string of the molecule is CN(/C=C\c1c(Br)n(C)c2c(Br)c(Br)ccc12)C(=O)[C@@H]1CCC[NH+]1C. The third kappa shape index (κ3) is 3.48. The molecule has 1 N–H and O–H groups in total. The van der Waals surface area contributed by atoms with Gasteiger partial charge >= 0.3 is 0 Å². The van der Waals surface area contributed by atoms with Crippen molar-refractivity contribution in [2.24, 2.45) is 7.05 Å². The van der Waals surface area contributed by atoms with Crippen LogP contribution >= 0.6 is 47.8 Å². The summed E-state index contributed by atoms with van der Waals surface area (Å²) in [4.78, 5) is 15.7. The van der Waals surface area contributed by atoms with Crippen LogP contribution in [0.25, 0.3) is 17.0 Å². The normalized spacial score (nSPS) is 20.7. The highest BCUT2D eigenvalue weighted by Gasteiger charge is 2.33. The summed E-state index contributed by atoms with van der Waals surface area (Å²) in [6.07, 6.45) is 5.98. The van der Waals surface area contributed by atoms with Gasteiger partial charge in [0.05, 0.1) is 28.2 Å². The number of quaternary nitrogens is 1. The Kier molecular flexibility index (Phi) is 5.78. The first-order valence-corrected chi connectivity index (χ1v) is 10.6. The molecule has 7 heteroatoms. The third-order valence-electron chi connectivity index (χ3n) is 4.98. The van der Waals surface area contributed by atoms with Gasteiger partial charge in [-0.25, -0.2) is 0 Å². The van der Waals surface area contributed by atoms with E-state index >= 15 is 0 Å². The summed E-state index contributed by atoms with van der Waals surface area (Å²) in [6, 6.07) is 4.20. The Morgan fingerprint density at radius 3 is 2.72 bits per heavy atom. The molecule has 1 fully saturated rings. The Labute approximate surface area is 173 Å². The molecule has 1 aromatic heterocycles. The molecule has 0 spiro atoms. The van der Waals surface area contributed by atoms with Gasteiger partial charge in [-0.2, -0.15) is 0 Å². The minimum absolute atomic E-state index is 0.0794. The van der Waals surface area contributed by atoms with Crippen LogP contribution in [-0.2, 0) is 11.8 Å². The Balaban J connectivity index is 1.92. The maximum absolute atomic E-state index is 12.7. The number of likely N-dealkylation sites (tertiary alicyclic amines) is 1. The van der Waals surface area contributed by atoms with E-state index in [-0.39, 0.29) is 11.9 Å². The van der Waals surface area contributed by atoms with Gasteiger partial charge in [0, 0.05) is 48.6 Å². The lowest BCUT2D eigenvalue weighted by atomic mass is 10.1. The van der Waals surface area contributed by atoms with Gasteiger partial charge in [0.25, 0.3) is 5.91 Å². The van der Waals surface area contributed by atoms with Gasteiger partial charge in [0.2, 0.25) is 0 Å². The molecule has 0 saturated carbocycles. The fraction of sp³-hybridized carbons (Fsp3) is 0.389. The number of nitrogens with zero attached hydrogens (tertiary/aromatic N) is 2. The third-order valence-corrected chi connectivity index (χ3v) is 7.94. The van der Waals surface area contributed by atoms with E-state index in [4.69, 9.17) is 0 Å². The van der Waals surface area contributed by atoms with Gasteiger partial charge in [0.1, 0.15) is 0 Å². The minimum Gasteiger partial charge on any atom is -0.337 e. The lowest BCUT2D eigenvalue weighted by Crippen LogP contribution is -3.12. The lowest BCUT2D eigenvalue weighted by molar-refractivity contribution is -0.882. The number of rotatable bonds is 3. The van der Waals surface area contributed by atoms with E-state index in [1.807, 2.05) is 32.4 Å². The van der Waals surface area contributed by atoms with Crippen molar-refractivity contribution in [3.05, 3.63) is 37.4 Å². The minimum atomic E-state index is 0.0794. The molecular formula is C18H21Br3N3O+. The number of benzene rings is 1. The number of aromatic nitrogens is 1. The highest BCUT2D eigenvalue weighted by molar-refractivity contribution is 9.13. The molecule has 0 radical (unpaired) electrons. The Morgan fingerprint density at radius 2 is 2.08 bits per heavy atom. The fourth-order valence-electron chi connectivity index (χ4n) is 3.48. The van der Waals surface area contributed by atoms with Crippen LogP contribution < -0.4 is 4.90 Å². The second-order valence-corrected chi connectivity index (χ2v) is 8.98. The molecule has 25 heavy (non-hydrogen) atoms. The number of fused-ring (bicyclic) bond motifs is 1. The average molecular weight is 535 g/mol. The predicted molar refractivity (Wildman–Crippen MR) is 113 cm³/mol. The molecule has 2 atom stereocenters. The molecule has 2 aromatic rings. The molecular weight excluding hydrogens is 514 g/mol. The molecule has 1 aliphatic rings. The van der Waals surface area contributed by atoms with Gasteiger partial charge < -0.3 is 14.4 Å². The number of halogens is 3. The zero-order valence-corrected chi connectivity index (χ0v) is 19.2. The van der Waals surface area contributed by atoms with Crippen LogP contribution in [-0.4, -0.2) is 42.1 Å². The summed E-state index contributed by atoms with van der Waals surface area (Å²) >= 11 is 10.9. The molecule has 0 bridgehead atoms. The maximum atomic E-state index is 12.7. The molecule has 1 aliphatic heterocycles. The monoisotopic (exact) mass is 532 g/mol. The van der Waals surface area contributed by atoms with Gasteiger partial charge in [-0.1, -0.05) is 6.07 Å². The summed E-state index contributed by atoms with van der Waals surface area (Å²) in [5.74, 6) is 0.187. The highest BCUT2D eigenvalue weighted by Crippen LogP contribution is 2.38. The number of nitrogens with one attached hydrogen (secondary N) is 1. The molecule has 2 heterocycles. The lowest BCUT2D eigenvalue weighted by Gasteiger charge is -2.20.